The Hall–Kier alpha value is -0.470. The topological polar surface area (TPSA) is 18.5 Å². The van der Waals surface area contributed by atoms with Gasteiger partial charge in [-0.15, -0.1) is 0 Å². The average molecular weight is 445 g/mol. The van der Waals surface area contributed by atoms with Gasteiger partial charge in [-0.25, -0.2) is 0 Å². The van der Waals surface area contributed by atoms with E-state index in [-0.39, 0.29) is 6.29 Å². The SMILES string of the molecule is CC1=C(C)[C@H]2C3CO[C@H](O[C@@H]4C[C@H](C)CC[C@H]4C(C)C)C3[C@@H]1P2(=S)c1ccccc1. The van der Waals surface area contributed by atoms with E-state index in [9.17, 15) is 0 Å². The standard InChI is InChI=1S/C26H37O2PS/c1-15(2)20-12-11-16(3)13-22(20)28-26-23-21(14-27-26)24-17(4)18(5)25(23)29(24,30)19-9-7-6-8-10-19/h6-10,15-16,20-26H,11-14H2,1-5H3/t16-,20+,21?,22-,23?,24+,25-,26-,29?/m1/s1. The molecule has 0 aromatic heterocycles. The Kier molecular flexibility index (Phi) is 5.58. The average Bonchev–Trinajstić information content (AvgIpc) is 3.29. The lowest BCUT2D eigenvalue weighted by Gasteiger charge is -2.40. The molecule has 4 heteroatoms. The number of hydrogen-bond donors (Lipinski definition) is 0. The van der Waals surface area contributed by atoms with Crippen LogP contribution in [0.2, 0.25) is 0 Å². The monoisotopic (exact) mass is 444 g/mol. The quantitative estimate of drug-likeness (QED) is 0.422. The van der Waals surface area contributed by atoms with Crippen molar-refractivity contribution in [1.82, 2.24) is 0 Å². The largest absolute Gasteiger partial charge is 0.352 e. The van der Waals surface area contributed by atoms with Gasteiger partial charge in [-0.05, 0) is 55.8 Å². The van der Waals surface area contributed by atoms with E-state index >= 15 is 0 Å². The molecule has 3 heterocycles. The number of benzene rings is 1. The summed E-state index contributed by atoms with van der Waals surface area (Å²) in [5, 5.41) is 1.42. The summed E-state index contributed by atoms with van der Waals surface area (Å²) >= 11 is 6.65. The van der Waals surface area contributed by atoms with Gasteiger partial charge >= 0.3 is 0 Å². The molecule has 9 atom stereocenters. The highest BCUT2D eigenvalue weighted by Crippen LogP contribution is 2.76. The Morgan fingerprint density at radius 1 is 1.07 bits per heavy atom. The van der Waals surface area contributed by atoms with Crippen molar-refractivity contribution in [1.29, 1.82) is 0 Å². The molecule has 2 saturated heterocycles. The molecule has 5 rings (SSSR count). The Labute approximate surface area is 187 Å². The maximum Gasteiger partial charge on any atom is 0.162 e. The Morgan fingerprint density at radius 2 is 1.77 bits per heavy atom. The molecule has 3 fully saturated rings. The fraction of sp³-hybridized carbons (Fsp3) is 0.692. The molecule has 3 unspecified atom stereocenters. The molecule has 4 aliphatic rings. The van der Waals surface area contributed by atoms with Crippen molar-refractivity contribution in [3.05, 3.63) is 41.5 Å². The second-order valence-corrected chi connectivity index (χ2v) is 15.6. The second kappa shape index (κ2) is 7.84. The summed E-state index contributed by atoms with van der Waals surface area (Å²) in [6, 6.07) is 9.32. The summed E-state index contributed by atoms with van der Waals surface area (Å²) in [6.07, 6.45) is 4.05. The van der Waals surface area contributed by atoms with Crippen molar-refractivity contribution in [3.8, 4) is 0 Å². The minimum Gasteiger partial charge on any atom is -0.352 e. The Bertz CT molecular complexity index is 878. The van der Waals surface area contributed by atoms with Crippen molar-refractivity contribution in [3.63, 3.8) is 0 Å². The van der Waals surface area contributed by atoms with Gasteiger partial charge in [0.1, 0.15) is 0 Å². The van der Waals surface area contributed by atoms with E-state index in [2.05, 4.69) is 65.0 Å². The van der Waals surface area contributed by atoms with Crippen LogP contribution >= 0.6 is 6.04 Å². The summed E-state index contributed by atoms with van der Waals surface area (Å²) in [6.45, 7) is 12.6. The number of fused-ring (bicyclic) bond motifs is 5. The van der Waals surface area contributed by atoms with Crippen molar-refractivity contribution in [2.45, 2.75) is 77.6 Å². The predicted octanol–water partition coefficient (Wildman–Crippen LogP) is 5.96. The summed E-state index contributed by atoms with van der Waals surface area (Å²) in [5.74, 6) is 3.04. The first kappa shape index (κ1) is 21.4. The lowest BCUT2D eigenvalue weighted by molar-refractivity contribution is -0.188. The molecule has 2 bridgehead atoms. The van der Waals surface area contributed by atoms with E-state index in [1.807, 2.05) is 0 Å². The highest BCUT2D eigenvalue weighted by Gasteiger charge is 2.65. The lowest BCUT2D eigenvalue weighted by atomic mass is 9.75. The number of hydrogen-bond acceptors (Lipinski definition) is 3. The maximum atomic E-state index is 6.90. The molecule has 1 saturated carbocycles. The molecule has 0 spiro atoms. The molecule has 1 aliphatic carbocycles. The third-order valence-electron chi connectivity index (χ3n) is 8.80. The van der Waals surface area contributed by atoms with Gasteiger partial charge < -0.3 is 9.47 Å². The minimum atomic E-state index is -1.72. The minimum absolute atomic E-state index is 0.0735. The van der Waals surface area contributed by atoms with Crippen LogP contribution in [0.5, 0.6) is 0 Å². The first-order valence-corrected chi connectivity index (χ1v) is 14.9. The van der Waals surface area contributed by atoms with Gasteiger partial charge in [0, 0.05) is 23.2 Å². The first-order chi connectivity index (χ1) is 14.3. The number of allylic oxidation sites excluding steroid dienone is 2. The van der Waals surface area contributed by atoms with E-state index in [4.69, 9.17) is 21.3 Å². The van der Waals surface area contributed by atoms with Crippen LogP contribution in [0, 0.1) is 29.6 Å². The molecule has 0 radical (unpaired) electrons. The molecule has 0 N–H and O–H groups in total. The normalized spacial score (nSPS) is 45.4. The summed E-state index contributed by atoms with van der Waals surface area (Å²) in [4.78, 5) is 0. The molecule has 30 heavy (non-hydrogen) atoms. The number of rotatable bonds is 4. The second-order valence-electron chi connectivity index (χ2n) is 10.7. The van der Waals surface area contributed by atoms with Gasteiger partial charge in [0.15, 0.2) is 6.29 Å². The van der Waals surface area contributed by atoms with Crippen molar-refractivity contribution >= 4 is 23.1 Å². The smallest absolute Gasteiger partial charge is 0.162 e. The van der Waals surface area contributed by atoms with E-state index < -0.39 is 6.04 Å². The lowest BCUT2D eigenvalue weighted by Crippen LogP contribution is -2.41. The van der Waals surface area contributed by atoms with Crippen LogP contribution in [0.3, 0.4) is 0 Å². The van der Waals surface area contributed by atoms with Gasteiger partial charge in [0.05, 0.1) is 12.7 Å². The Morgan fingerprint density at radius 3 is 2.47 bits per heavy atom. The third kappa shape index (κ3) is 3.06. The van der Waals surface area contributed by atoms with Crippen molar-refractivity contribution in [2.24, 2.45) is 29.6 Å². The summed E-state index contributed by atoms with van der Waals surface area (Å²) in [5.41, 5.74) is 4.06. The van der Waals surface area contributed by atoms with Crippen molar-refractivity contribution < 1.29 is 9.47 Å². The maximum absolute atomic E-state index is 6.90. The molecule has 1 aromatic carbocycles. The zero-order valence-corrected chi connectivity index (χ0v) is 20.8. The zero-order valence-electron chi connectivity index (χ0n) is 19.1. The highest BCUT2D eigenvalue weighted by molar-refractivity contribution is 8.19. The van der Waals surface area contributed by atoms with Crippen LogP contribution in [-0.4, -0.2) is 30.3 Å². The van der Waals surface area contributed by atoms with E-state index in [0.717, 1.165) is 12.5 Å². The molecular weight excluding hydrogens is 407 g/mol. The first-order valence-electron chi connectivity index (χ1n) is 11.9. The van der Waals surface area contributed by atoms with Crippen molar-refractivity contribution in [2.75, 3.05) is 6.61 Å². The van der Waals surface area contributed by atoms with Crippen LogP contribution in [0.15, 0.2) is 41.5 Å². The molecule has 2 nitrogen and oxygen atoms in total. The van der Waals surface area contributed by atoms with Gasteiger partial charge in [0.25, 0.3) is 0 Å². The van der Waals surface area contributed by atoms with Gasteiger partial charge in [-0.3, -0.25) is 0 Å². The molecule has 164 valence electrons. The van der Waals surface area contributed by atoms with E-state index in [1.165, 1.54) is 24.6 Å². The molecule has 3 aliphatic heterocycles. The molecule has 0 amide bonds. The van der Waals surface area contributed by atoms with Crippen LogP contribution < -0.4 is 5.30 Å². The van der Waals surface area contributed by atoms with Crippen LogP contribution in [0.1, 0.15) is 53.9 Å². The fourth-order valence-electron chi connectivity index (χ4n) is 7.24. The fourth-order valence-corrected chi connectivity index (χ4v) is 14.4. The van der Waals surface area contributed by atoms with E-state index in [0.29, 0.717) is 41.1 Å². The Balaban J connectivity index is 1.46. The zero-order chi connectivity index (χ0) is 21.2. The van der Waals surface area contributed by atoms with Gasteiger partial charge in [-0.2, -0.15) is 0 Å². The highest BCUT2D eigenvalue weighted by atomic mass is 32.4. The van der Waals surface area contributed by atoms with E-state index in [1.54, 1.807) is 11.1 Å². The number of ether oxygens (including phenoxy) is 2. The summed E-state index contributed by atoms with van der Waals surface area (Å²) in [7, 11) is 0. The van der Waals surface area contributed by atoms with Gasteiger partial charge in [-0.1, -0.05) is 80.5 Å². The molecular formula is C26H37O2PS. The van der Waals surface area contributed by atoms with Crippen LogP contribution in [0.25, 0.3) is 0 Å². The van der Waals surface area contributed by atoms with Gasteiger partial charge in [0.2, 0.25) is 0 Å². The molecule has 1 aromatic rings. The van der Waals surface area contributed by atoms with Crippen LogP contribution in [-0.2, 0) is 21.3 Å². The summed E-state index contributed by atoms with van der Waals surface area (Å²) < 4.78 is 13.3. The van der Waals surface area contributed by atoms with Crippen LogP contribution in [0.4, 0.5) is 0 Å². The predicted molar refractivity (Wildman–Crippen MR) is 129 cm³/mol. The third-order valence-corrected chi connectivity index (χ3v) is 15.1.